The summed E-state index contributed by atoms with van der Waals surface area (Å²) in [6.07, 6.45) is 4.77. The molecular formula is C17H15N3O3. The molecular weight excluding hydrogens is 294 g/mol. The van der Waals surface area contributed by atoms with E-state index >= 15 is 0 Å². The van der Waals surface area contributed by atoms with Gasteiger partial charge < -0.3 is 14.3 Å². The third-order valence-corrected chi connectivity index (χ3v) is 3.53. The highest BCUT2D eigenvalue weighted by Crippen LogP contribution is 2.15. The van der Waals surface area contributed by atoms with Crippen molar-refractivity contribution in [2.45, 2.75) is 6.92 Å². The van der Waals surface area contributed by atoms with E-state index in [1.54, 1.807) is 61.3 Å². The third kappa shape index (κ3) is 2.91. The molecule has 0 saturated heterocycles. The van der Waals surface area contributed by atoms with Crippen molar-refractivity contribution in [2.75, 3.05) is 5.32 Å². The number of anilines is 1. The molecule has 0 radical (unpaired) electrons. The normalized spacial score (nSPS) is 10.5. The second-order valence-electron chi connectivity index (χ2n) is 5.11. The molecule has 1 amide bonds. The molecule has 0 aliphatic rings. The average Bonchev–Trinajstić information content (AvgIpc) is 3.15. The molecule has 1 aromatic carbocycles. The number of ketones is 1. The predicted molar refractivity (Wildman–Crippen MR) is 84.5 cm³/mol. The summed E-state index contributed by atoms with van der Waals surface area (Å²) >= 11 is 0. The Balaban J connectivity index is 1.75. The van der Waals surface area contributed by atoms with Gasteiger partial charge in [-0.05, 0) is 37.3 Å². The second-order valence-corrected chi connectivity index (χ2v) is 5.11. The average molecular weight is 309 g/mol. The van der Waals surface area contributed by atoms with Crippen molar-refractivity contribution in [3.63, 3.8) is 0 Å². The van der Waals surface area contributed by atoms with E-state index in [1.165, 1.54) is 6.26 Å². The SMILES string of the molecule is Cc1occc1C(=O)Nc1ccc(C(=O)c2nccn2C)cc1. The van der Waals surface area contributed by atoms with Gasteiger partial charge in [-0.2, -0.15) is 0 Å². The molecule has 3 aromatic rings. The number of imidazole rings is 1. The quantitative estimate of drug-likeness (QED) is 0.752. The summed E-state index contributed by atoms with van der Waals surface area (Å²) in [7, 11) is 1.77. The molecule has 0 atom stereocenters. The van der Waals surface area contributed by atoms with Crippen molar-refractivity contribution < 1.29 is 14.0 Å². The lowest BCUT2D eigenvalue weighted by Crippen LogP contribution is -2.12. The minimum Gasteiger partial charge on any atom is -0.469 e. The van der Waals surface area contributed by atoms with Crippen LogP contribution in [0.15, 0.2) is 53.4 Å². The van der Waals surface area contributed by atoms with Gasteiger partial charge in [-0.1, -0.05) is 0 Å². The molecule has 0 aliphatic heterocycles. The number of carbonyl (C=O) groups excluding carboxylic acids is 2. The first-order valence-electron chi connectivity index (χ1n) is 7.04. The van der Waals surface area contributed by atoms with Crippen molar-refractivity contribution in [1.82, 2.24) is 9.55 Å². The number of carbonyl (C=O) groups is 2. The predicted octanol–water partition coefficient (Wildman–Crippen LogP) is 2.80. The van der Waals surface area contributed by atoms with Gasteiger partial charge in [0.1, 0.15) is 5.76 Å². The van der Waals surface area contributed by atoms with E-state index in [4.69, 9.17) is 4.42 Å². The maximum Gasteiger partial charge on any atom is 0.259 e. The van der Waals surface area contributed by atoms with E-state index in [1.807, 2.05) is 0 Å². The molecule has 23 heavy (non-hydrogen) atoms. The number of aryl methyl sites for hydroxylation is 2. The maximum absolute atomic E-state index is 12.3. The summed E-state index contributed by atoms with van der Waals surface area (Å²) in [6, 6.07) is 8.31. The minimum atomic E-state index is -0.251. The fourth-order valence-corrected chi connectivity index (χ4v) is 2.24. The Morgan fingerprint density at radius 3 is 2.48 bits per heavy atom. The first kappa shape index (κ1) is 14.8. The number of aromatic nitrogens is 2. The van der Waals surface area contributed by atoms with Crippen LogP contribution in [0.5, 0.6) is 0 Å². The molecule has 116 valence electrons. The number of nitrogens with one attached hydrogen (secondary N) is 1. The molecule has 0 spiro atoms. The van der Waals surface area contributed by atoms with Gasteiger partial charge >= 0.3 is 0 Å². The molecule has 0 aliphatic carbocycles. The molecule has 0 saturated carbocycles. The Hall–Kier alpha value is -3.15. The number of hydrogen-bond donors (Lipinski definition) is 1. The van der Waals surface area contributed by atoms with E-state index in [0.29, 0.717) is 28.4 Å². The second kappa shape index (κ2) is 5.92. The van der Waals surface area contributed by atoms with Crippen molar-refractivity contribution in [3.8, 4) is 0 Å². The smallest absolute Gasteiger partial charge is 0.259 e. The van der Waals surface area contributed by atoms with Gasteiger partial charge in [0.2, 0.25) is 5.78 Å². The summed E-state index contributed by atoms with van der Waals surface area (Å²) in [6.45, 7) is 1.73. The highest BCUT2D eigenvalue weighted by Gasteiger charge is 2.15. The zero-order valence-electron chi connectivity index (χ0n) is 12.7. The molecule has 0 bridgehead atoms. The van der Waals surface area contributed by atoms with Crippen molar-refractivity contribution in [1.29, 1.82) is 0 Å². The number of benzene rings is 1. The van der Waals surface area contributed by atoms with Crippen LogP contribution in [-0.4, -0.2) is 21.2 Å². The zero-order valence-corrected chi connectivity index (χ0v) is 12.7. The van der Waals surface area contributed by atoms with Crippen LogP contribution in [0.3, 0.4) is 0 Å². The van der Waals surface area contributed by atoms with E-state index < -0.39 is 0 Å². The van der Waals surface area contributed by atoms with Crippen LogP contribution < -0.4 is 5.32 Å². The molecule has 6 nitrogen and oxygen atoms in total. The zero-order chi connectivity index (χ0) is 16.4. The van der Waals surface area contributed by atoms with E-state index in [0.717, 1.165) is 0 Å². The van der Waals surface area contributed by atoms with Gasteiger partial charge in [-0.3, -0.25) is 9.59 Å². The fraction of sp³-hybridized carbons (Fsp3) is 0.118. The number of nitrogens with zero attached hydrogens (tertiary/aromatic N) is 2. The summed E-state index contributed by atoms with van der Waals surface area (Å²) in [4.78, 5) is 28.4. The van der Waals surface area contributed by atoms with Crippen LogP contribution in [0.1, 0.15) is 32.3 Å². The van der Waals surface area contributed by atoms with Crippen LogP contribution >= 0.6 is 0 Å². The van der Waals surface area contributed by atoms with Crippen LogP contribution in [0, 0.1) is 6.92 Å². The van der Waals surface area contributed by atoms with Gasteiger partial charge in [0.25, 0.3) is 5.91 Å². The lowest BCUT2D eigenvalue weighted by Gasteiger charge is -2.06. The molecule has 3 rings (SSSR count). The number of furan rings is 1. The molecule has 0 fully saturated rings. The van der Waals surface area contributed by atoms with Gasteiger partial charge in [0, 0.05) is 30.7 Å². The van der Waals surface area contributed by atoms with Crippen molar-refractivity contribution in [2.24, 2.45) is 7.05 Å². The Kier molecular flexibility index (Phi) is 3.80. The van der Waals surface area contributed by atoms with Gasteiger partial charge in [0.15, 0.2) is 5.82 Å². The Bertz CT molecular complexity index is 859. The Morgan fingerprint density at radius 2 is 1.91 bits per heavy atom. The van der Waals surface area contributed by atoms with Crippen LogP contribution in [-0.2, 0) is 7.05 Å². The maximum atomic E-state index is 12.3. The van der Waals surface area contributed by atoms with E-state index in [2.05, 4.69) is 10.3 Å². The van der Waals surface area contributed by atoms with Gasteiger partial charge in [-0.25, -0.2) is 4.98 Å². The van der Waals surface area contributed by atoms with Crippen molar-refractivity contribution in [3.05, 3.63) is 71.7 Å². The molecule has 6 heteroatoms. The lowest BCUT2D eigenvalue weighted by atomic mass is 10.1. The largest absolute Gasteiger partial charge is 0.469 e. The fourth-order valence-electron chi connectivity index (χ4n) is 2.24. The summed E-state index contributed by atoms with van der Waals surface area (Å²) in [5.41, 5.74) is 1.60. The number of rotatable bonds is 4. The lowest BCUT2D eigenvalue weighted by molar-refractivity contribution is 0.101. The third-order valence-electron chi connectivity index (χ3n) is 3.53. The summed E-state index contributed by atoms with van der Waals surface area (Å²) in [5, 5.41) is 2.77. The Labute approximate surface area is 132 Å². The first-order valence-corrected chi connectivity index (χ1v) is 7.04. The molecule has 2 aromatic heterocycles. The highest BCUT2D eigenvalue weighted by atomic mass is 16.3. The van der Waals surface area contributed by atoms with E-state index in [-0.39, 0.29) is 11.7 Å². The topological polar surface area (TPSA) is 77.1 Å². The highest BCUT2D eigenvalue weighted by molar-refractivity contribution is 6.08. The Morgan fingerprint density at radius 1 is 1.17 bits per heavy atom. The van der Waals surface area contributed by atoms with Gasteiger partial charge in [-0.15, -0.1) is 0 Å². The molecule has 2 heterocycles. The monoisotopic (exact) mass is 309 g/mol. The summed E-state index contributed by atoms with van der Waals surface area (Å²) in [5.74, 6) is 0.514. The van der Waals surface area contributed by atoms with Gasteiger partial charge in [0.05, 0.1) is 11.8 Å². The standard InChI is InChI=1S/C17H15N3O3/c1-11-14(7-10-23-11)17(22)19-13-5-3-12(4-6-13)15(21)16-18-8-9-20(16)2/h3-10H,1-2H3,(H,19,22). The van der Waals surface area contributed by atoms with Crippen LogP contribution in [0.4, 0.5) is 5.69 Å². The number of hydrogen-bond acceptors (Lipinski definition) is 4. The summed E-state index contributed by atoms with van der Waals surface area (Å²) < 4.78 is 6.78. The molecule has 1 N–H and O–H groups in total. The van der Waals surface area contributed by atoms with Crippen molar-refractivity contribution >= 4 is 17.4 Å². The van der Waals surface area contributed by atoms with Crippen LogP contribution in [0.25, 0.3) is 0 Å². The first-order chi connectivity index (χ1) is 11.1. The minimum absolute atomic E-state index is 0.166. The number of amides is 1. The van der Waals surface area contributed by atoms with Crippen LogP contribution in [0.2, 0.25) is 0 Å². The molecule has 0 unspecified atom stereocenters. The van der Waals surface area contributed by atoms with E-state index in [9.17, 15) is 9.59 Å².